The Hall–Kier alpha value is -2.11. The summed E-state index contributed by atoms with van der Waals surface area (Å²) in [5.74, 6) is 0.838. The van der Waals surface area contributed by atoms with Crippen LogP contribution in [-0.2, 0) is 0 Å². The first kappa shape index (κ1) is 15.3. The minimum Gasteiger partial charge on any atom is -0.456 e. The lowest BCUT2D eigenvalue weighted by Gasteiger charge is -2.13. The second kappa shape index (κ2) is 6.56. The lowest BCUT2D eigenvalue weighted by molar-refractivity contribution is -0.384. The van der Waals surface area contributed by atoms with Crippen molar-refractivity contribution >= 4 is 17.3 Å². The lowest BCUT2D eigenvalue weighted by atomic mass is 10.1. The molecule has 1 unspecified atom stereocenters. The maximum Gasteiger partial charge on any atom is 0.273 e. The van der Waals surface area contributed by atoms with Crippen molar-refractivity contribution in [3.05, 3.63) is 63.2 Å². The van der Waals surface area contributed by atoms with Gasteiger partial charge in [0.1, 0.15) is 11.5 Å². The zero-order chi connectivity index (χ0) is 15.4. The third-order valence-electron chi connectivity index (χ3n) is 3.15. The van der Waals surface area contributed by atoms with Gasteiger partial charge in [0.15, 0.2) is 0 Å². The van der Waals surface area contributed by atoms with Gasteiger partial charge in [0.05, 0.1) is 16.0 Å². The molecule has 2 aromatic carbocycles. The molecule has 0 saturated carbocycles. The molecule has 0 heterocycles. The zero-order valence-electron chi connectivity index (χ0n) is 11.7. The summed E-state index contributed by atoms with van der Waals surface area (Å²) in [4.78, 5) is 10.3. The summed E-state index contributed by atoms with van der Waals surface area (Å²) >= 11 is 6.20. The van der Waals surface area contributed by atoms with Crippen molar-refractivity contribution in [2.45, 2.75) is 13.0 Å². The molecule has 0 spiro atoms. The van der Waals surface area contributed by atoms with Crippen LogP contribution >= 0.6 is 11.6 Å². The standard InChI is InChI=1S/C15H15ClN2O3/c1-10(17-2)11-6-7-15(14(16)8-11)21-13-5-3-4-12(9-13)18(19)20/h3-10,17H,1-2H3. The smallest absolute Gasteiger partial charge is 0.273 e. The molecule has 6 heteroatoms. The van der Waals surface area contributed by atoms with E-state index in [4.69, 9.17) is 16.3 Å². The fraction of sp³-hybridized carbons (Fsp3) is 0.200. The molecule has 0 saturated heterocycles. The molecule has 1 N–H and O–H groups in total. The van der Waals surface area contributed by atoms with Gasteiger partial charge in [0.25, 0.3) is 5.69 Å². The van der Waals surface area contributed by atoms with E-state index in [0.29, 0.717) is 16.5 Å². The summed E-state index contributed by atoms with van der Waals surface area (Å²) < 4.78 is 5.61. The molecule has 5 nitrogen and oxygen atoms in total. The average Bonchev–Trinajstić information content (AvgIpc) is 2.48. The van der Waals surface area contributed by atoms with E-state index in [9.17, 15) is 10.1 Å². The van der Waals surface area contributed by atoms with E-state index >= 15 is 0 Å². The van der Waals surface area contributed by atoms with Gasteiger partial charge < -0.3 is 10.1 Å². The number of hydrogen-bond donors (Lipinski definition) is 1. The van der Waals surface area contributed by atoms with Crippen molar-refractivity contribution in [1.29, 1.82) is 0 Å². The van der Waals surface area contributed by atoms with E-state index < -0.39 is 4.92 Å². The van der Waals surface area contributed by atoms with Crippen LogP contribution in [-0.4, -0.2) is 12.0 Å². The van der Waals surface area contributed by atoms with Gasteiger partial charge in [0, 0.05) is 12.1 Å². The van der Waals surface area contributed by atoms with Crippen LogP contribution in [0.4, 0.5) is 5.69 Å². The molecule has 0 aromatic heterocycles. The number of rotatable bonds is 5. The summed E-state index contributed by atoms with van der Waals surface area (Å²) in [6.07, 6.45) is 0. The van der Waals surface area contributed by atoms with Gasteiger partial charge in [-0.05, 0) is 37.7 Å². The quantitative estimate of drug-likeness (QED) is 0.660. The van der Waals surface area contributed by atoms with Gasteiger partial charge in [-0.25, -0.2) is 0 Å². The highest BCUT2D eigenvalue weighted by molar-refractivity contribution is 6.32. The molecule has 0 aliphatic carbocycles. The third-order valence-corrected chi connectivity index (χ3v) is 3.44. The van der Waals surface area contributed by atoms with E-state index in [1.165, 1.54) is 12.1 Å². The molecule has 0 aliphatic heterocycles. The number of halogens is 1. The molecule has 0 aliphatic rings. The number of ether oxygens (including phenoxy) is 1. The highest BCUT2D eigenvalue weighted by atomic mass is 35.5. The molecular formula is C15H15ClN2O3. The number of nitrogens with zero attached hydrogens (tertiary/aromatic N) is 1. The molecule has 21 heavy (non-hydrogen) atoms. The van der Waals surface area contributed by atoms with Gasteiger partial charge in [0.2, 0.25) is 0 Å². The zero-order valence-corrected chi connectivity index (χ0v) is 12.4. The fourth-order valence-corrected chi connectivity index (χ4v) is 2.05. The monoisotopic (exact) mass is 306 g/mol. The van der Waals surface area contributed by atoms with Crippen LogP contribution in [0.1, 0.15) is 18.5 Å². The van der Waals surface area contributed by atoms with Gasteiger partial charge in [-0.1, -0.05) is 23.7 Å². The predicted molar refractivity (Wildman–Crippen MR) is 82.1 cm³/mol. The van der Waals surface area contributed by atoms with Crippen molar-refractivity contribution in [2.24, 2.45) is 0 Å². The normalized spacial score (nSPS) is 12.0. The number of nitro benzene ring substituents is 1. The van der Waals surface area contributed by atoms with Crippen LogP contribution in [0.5, 0.6) is 11.5 Å². The van der Waals surface area contributed by atoms with Crippen molar-refractivity contribution in [1.82, 2.24) is 5.32 Å². The van der Waals surface area contributed by atoms with Crippen LogP contribution in [0.3, 0.4) is 0 Å². The van der Waals surface area contributed by atoms with Crippen molar-refractivity contribution in [2.75, 3.05) is 7.05 Å². The molecular weight excluding hydrogens is 292 g/mol. The Morgan fingerprint density at radius 2 is 2.05 bits per heavy atom. The lowest BCUT2D eigenvalue weighted by Crippen LogP contribution is -2.12. The minimum absolute atomic E-state index is 0.0240. The molecule has 0 fully saturated rings. The van der Waals surface area contributed by atoms with E-state index in [2.05, 4.69) is 5.32 Å². The topological polar surface area (TPSA) is 64.4 Å². The van der Waals surface area contributed by atoms with E-state index in [-0.39, 0.29) is 11.7 Å². The maximum atomic E-state index is 10.7. The number of nitro groups is 1. The largest absolute Gasteiger partial charge is 0.456 e. The molecule has 1 atom stereocenters. The Bertz CT molecular complexity index is 661. The van der Waals surface area contributed by atoms with Crippen LogP contribution in [0.2, 0.25) is 5.02 Å². The second-order valence-electron chi connectivity index (χ2n) is 4.56. The molecule has 0 radical (unpaired) electrons. The molecule has 2 aromatic rings. The Balaban J connectivity index is 2.24. The average molecular weight is 307 g/mol. The van der Waals surface area contributed by atoms with Gasteiger partial charge in [-0.3, -0.25) is 10.1 Å². The van der Waals surface area contributed by atoms with Crippen LogP contribution in [0.25, 0.3) is 0 Å². The second-order valence-corrected chi connectivity index (χ2v) is 4.96. The van der Waals surface area contributed by atoms with E-state index in [0.717, 1.165) is 5.56 Å². The summed E-state index contributed by atoms with van der Waals surface area (Å²) in [6, 6.07) is 11.6. The maximum absolute atomic E-state index is 10.7. The molecule has 0 bridgehead atoms. The summed E-state index contributed by atoms with van der Waals surface area (Å²) in [5, 5.41) is 14.3. The highest BCUT2D eigenvalue weighted by Crippen LogP contribution is 2.32. The van der Waals surface area contributed by atoms with E-state index in [1.54, 1.807) is 18.2 Å². The number of benzene rings is 2. The Morgan fingerprint density at radius 3 is 2.67 bits per heavy atom. The summed E-state index contributed by atoms with van der Waals surface area (Å²) in [5.41, 5.74) is 1.01. The van der Waals surface area contributed by atoms with Gasteiger partial charge >= 0.3 is 0 Å². The van der Waals surface area contributed by atoms with Crippen LogP contribution in [0, 0.1) is 10.1 Å². The Morgan fingerprint density at radius 1 is 1.29 bits per heavy atom. The van der Waals surface area contributed by atoms with E-state index in [1.807, 2.05) is 26.1 Å². The number of non-ortho nitro benzene ring substituents is 1. The first-order valence-corrected chi connectivity index (χ1v) is 6.78. The Kier molecular flexibility index (Phi) is 4.77. The summed E-state index contributed by atoms with van der Waals surface area (Å²) in [7, 11) is 1.87. The molecule has 0 amide bonds. The first-order chi connectivity index (χ1) is 10.0. The van der Waals surface area contributed by atoms with Gasteiger partial charge in [-0.2, -0.15) is 0 Å². The number of nitrogens with one attached hydrogen (secondary N) is 1. The Labute approximate surface area is 127 Å². The first-order valence-electron chi connectivity index (χ1n) is 6.40. The van der Waals surface area contributed by atoms with Gasteiger partial charge in [-0.15, -0.1) is 0 Å². The fourth-order valence-electron chi connectivity index (χ4n) is 1.82. The third kappa shape index (κ3) is 3.71. The predicted octanol–water partition coefficient (Wildman–Crippen LogP) is 4.32. The van der Waals surface area contributed by atoms with Crippen molar-refractivity contribution in [3.8, 4) is 11.5 Å². The van der Waals surface area contributed by atoms with Crippen molar-refractivity contribution < 1.29 is 9.66 Å². The number of hydrogen-bond acceptors (Lipinski definition) is 4. The SMILES string of the molecule is CNC(C)c1ccc(Oc2cccc([N+](=O)[O-])c2)c(Cl)c1. The highest BCUT2D eigenvalue weighted by Gasteiger charge is 2.10. The molecule has 110 valence electrons. The van der Waals surface area contributed by atoms with Crippen LogP contribution < -0.4 is 10.1 Å². The molecule has 2 rings (SSSR count). The summed E-state index contributed by atoms with van der Waals surface area (Å²) in [6.45, 7) is 2.02. The minimum atomic E-state index is -0.466. The van der Waals surface area contributed by atoms with Crippen molar-refractivity contribution in [3.63, 3.8) is 0 Å². The van der Waals surface area contributed by atoms with Crippen LogP contribution in [0.15, 0.2) is 42.5 Å².